The van der Waals surface area contributed by atoms with Gasteiger partial charge in [-0.15, -0.1) is 0 Å². The molecule has 2 aromatic rings. The summed E-state index contributed by atoms with van der Waals surface area (Å²) in [5.41, 5.74) is 2.31. The molecule has 1 aromatic carbocycles. The number of ether oxygens (including phenoxy) is 3. The fourth-order valence-corrected chi connectivity index (χ4v) is 5.22. The summed E-state index contributed by atoms with van der Waals surface area (Å²) in [6, 6.07) is 2.61. The van der Waals surface area contributed by atoms with Crippen LogP contribution in [0.25, 0.3) is 5.76 Å². The highest BCUT2D eigenvalue weighted by molar-refractivity contribution is 6.46. The largest absolute Gasteiger partial charge is 0.507 e. The number of nitrogens with zero attached hydrogens (tertiary/aromatic N) is 4. The molecule has 1 N–H and O–H groups in total. The first-order valence-corrected chi connectivity index (χ1v) is 12.0. The summed E-state index contributed by atoms with van der Waals surface area (Å²) in [4.78, 5) is 30.6. The number of aromatic nitrogens is 2. The van der Waals surface area contributed by atoms with Crippen molar-refractivity contribution < 1.29 is 28.9 Å². The number of carbonyl (C=O) groups is 2. The van der Waals surface area contributed by atoms with Crippen LogP contribution in [0.2, 0.25) is 0 Å². The number of hydrogen-bond donors (Lipinski definition) is 1. The van der Waals surface area contributed by atoms with Crippen LogP contribution >= 0.6 is 0 Å². The van der Waals surface area contributed by atoms with Gasteiger partial charge in [0.2, 0.25) is 5.75 Å². The maximum absolute atomic E-state index is 13.4. The van der Waals surface area contributed by atoms with Crippen LogP contribution in [0.4, 0.5) is 0 Å². The van der Waals surface area contributed by atoms with Gasteiger partial charge in [0.25, 0.3) is 11.7 Å². The Morgan fingerprint density at radius 3 is 2.14 bits per heavy atom. The SMILES string of the molecule is COc1cc(C2/C(=C(\O)c3c(C)nn(C)c3C)C(=O)C(=O)N2CCN2CCCC2)cc(OC)c1OC. The summed E-state index contributed by atoms with van der Waals surface area (Å²) in [6.45, 7) is 6.49. The Morgan fingerprint density at radius 1 is 1.03 bits per heavy atom. The van der Waals surface area contributed by atoms with Crippen molar-refractivity contribution in [2.75, 3.05) is 47.5 Å². The van der Waals surface area contributed by atoms with Crippen LogP contribution in [0.15, 0.2) is 17.7 Å². The molecule has 2 fully saturated rings. The fourth-order valence-electron chi connectivity index (χ4n) is 5.22. The molecule has 0 bridgehead atoms. The number of aryl methyl sites for hydroxylation is 2. The Labute approximate surface area is 211 Å². The third kappa shape index (κ3) is 4.30. The summed E-state index contributed by atoms with van der Waals surface area (Å²) < 4.78 is 18.2. The standard InChI is InChI=1S/C26H34N4O6/c1-15-20(16(2)28(3)27-15)23(31)21-22(17-13-18(34-4)25(36-6)19(14-17)35-5)30(26(33)24(21)32)12-11-29-9-7-8-10-29/h13-14,22,31H,7-12H2,1-6H3/b23-21+. The van der Waals surface area contributed by atoms with Crippen molar-refractivity contribution in [2.45, 2.75) is 32.7 Å². The number of carbonyl (C=O) groups excluding carboxylic acids is 2. The molecule has 0 spiro atoms. The van der Waals surface area contributed by atoms with E-state index in [2.05, 4.69) is 10.00 Å². The second kappa shape index (κ2) is 10.2. The zero-order valence-corrected chi connectivity index (χ0v) is 21.8. The Kier molecular flexibility index (Phi) is 7.26. The van der Waals surface area contributed by atoms with Crippen molar-refractivity contribution in [2.24, 2.45) is 7.05 Å². The topological polar surface area (TPSA) is 106 Å². The molecule has 0 radical (unpaired) electrons. The molecule has 0 saturated carbocycles. The molecule has 36 heavy (non-hydrogen) atoms. The van der Waals surface area contributed by atoms with Gasteiger partial charge in [-0.05, 0) is 57.5 Å². The maximum atomic E-state index is 13.4. The van der Waals surface area contributed by atoms with Crippen molar-refractivity contribution >= 4 is 17.4 Å². The Bertz CT molecular complexity index is 1190. The monoisotopic (exact) mass is 498 g/mol. The van der Waals surface area contributed by atoms with E-state index in [-0.39, 0.29) is 11.3 Å². The van der Waals surface area contributed by atoms with E-state index in [1.54, 1.807) is 30.8 Å². The van der Waals surface area contributed by atoms with Crippen LogP contribution < -0.4 is 14.2 Å². The molecule has 1 amide bonds. The minimum Gasteiger partial charge on any atom is -0.507 e. The van der Waals surface area contributed by atoms with Gasteiger partial charge in [0.05, 0.1) is 44.2 Å². The molecule has 2 saturated heterocycles. The first kappa shape index (κ1) is 25.6. The van der Waals surface area contributed by atoms with Crippen LogP contribution in [-0.4, -0.2) is 83.9 Å². The number of hydrogen-bond acceptors (Lipinski definition) is 8. The average molecular weight is 499 g/mol. The number of rotatable bonds is 8. The second-order valence-electron chi connectivity index (χ2n) is 9.17. The van der Waals surface area contributed by atoms with Crippen LogP contribution in [0.3, 0.4) is 0 Å². The minimum absolute atomic E-state index is 0.0231. The molecular formula is C26H34N4O6. The number of aliphatic hydroxyl groups excluding tert-OH is 1. The first-order chi connectivity index (χ1) is 17.2. The molecule has 2 aliphatic heterocycles. The molecule has 4 rings (SSSR count). The predicted octanol–water partition coefficient (Wildman–Crippen LogP) is 2.58. The normalized spacial score (nSPS) is 19.8. The number of Topliss-reactive ketones (excluding diaryl/α,β-unsaturated/α-hetero) is 1. The Balaban J connectivity index is 1.90. The molecule has 3 heterocycles. The number of methoxy groups -OCH3 is 3. The molecule has 2 aliphatic rings. The third-order valence-corrected chi connectivity index (χ3v) is 7.14. The summed E-state index contributed by atoms with van der Waals surface area (Å²) in [5.74, 6) is -0.420. The van der Waals surface area contributed by atoms with Crippen molar-refractivity contribution in [1.29, 1.82) is 0 Å². The molecule has 194 valence electrons. The van der Waals surface area contributed by atoms with Crippen molar-refractivity contribution in [3.63, 3.8) is 0 Å². The van der Waals surface area contributed by atoms with Gasteiger partial charge < -0.3 is 29.1 Å². The van der Waals surface area contributed by atoms with Crippen LogP contribution in [0, 0.1) is 13.8 Å². The molecular weight excluding hydrogens is 464 g/mol. The van der Waals surface area contributed by atoms with E-state index in [0.29, 0.717) is 52.9 Å². The smallest absolute Gasteiger partial charge is 0.295 e. The number of benzene rings is 1. The van der Waals surface area contributed by atoms with E-state index in [9.17, 15) is 14.7 Å². The van der Waals surface area contributed by atoms with Crippen molar-refractivity contribution in [3.05, 3.63) is 40.2 Å². The molecule has 1 atom stereocenters. The van der Waals surface area contributed by atoms with E-state index >= 15 is 0 Å². The first-order valence-electron chi connectivity index (χ1n) is 12.0. The number of ketones is 1. The van der Waals surface area contributed by atoms with Crippen molar-refractivity contribution in [1.82, 2.24) is 19.6 Å². The maximum Gasteiger partial charge on any atom is 0.295 e. The highest BCUT2D eigenvalue weighted by Gasteiger charge is 2.47. The molecule has 0 aliphatic carbocycles. The Morgan fingerprint density at radius 2 is 1.64 bits per heavy atom. The highest BCUT2D eigenvalue weighted by Crippen LogP contribution is 2.46. The van der Waals surface area contributed by atoms with Crippen molar-refractivity contribution in [3.8, 4) is 17.2 Å². The van der Waals surface area contributed by atoms with Crippen LogP contribution in [0.5, 0.6) is 17.2 Å². The zero-order chi connectivity index (χ0) is 26.1. The van der Waals surface area contributed by atoms with Gasteiger partial charge >= 0.3 is 0 Å². The van der Waals surface area contributed by atoms with E-state index in [4.69, 9.17) is 14.2 Å². The number of amides is 1. The lowest BCUT2D eigenvalue weighted by atomic mass is 9.94. The minimum atomic E-state index is -0.833. The lowest BCUT2D eigenvalue weighted by molar-refractivity contribution is -0.140. The lowest BCUT2D eigenvalue weighted by Crippen LogP contribution is -2.37. The van der Waals surface area contributed by atoms with Gasteiger partial charge in [0.15, 0.2) is 11.5 Å². The number of likely N-dealkylation sites (tertiary alicyclic amines) is 2. The number of aliphatic hydroxyl groups is 1. The summed E-state index contributed by atoms with van der Waals surface area (Å²) >= 11 is 0. The zero-order valence-electron chi connectivity index (χ0n) is 21.8. The van der Waals surface area contributed by atoms with E-state index in [1.165, 1.54) is 26.2 Å². The van der Waals surface area contributed by atoms with Crippen LogP contribution in [-0.2, 0) is 16.6 Å². The molecule has 10 nitrogen and oxygen atoms in total. The quantitative estimate of drug-likeness (QED) is 0.336. The van der Waals surface area contributed by atoms with E-state index < -0.39 is 17.7 Å². The highest BCUT2D eigenvalue weighted by atomic mass is 16.5. The van der Waals surface area contributed by atoms with E-state index in [0.717, 1.165) is 25.9 Å². The van der Waals surface area contributed by atoms with Gasteiger partial charge in [-0.2, -0.15) is 5.10 Å². The van der Waals surface area contributed by atoms with Crippen LogP contribution in [0.1, 0.15) is 41.4 Å². The van der Waals surface area contributed by atoms with Gasteiger partial charge in [-0.25, -0.2) is 0 Å². The molecule has 1 unspecified atom stereocenters. The fraction of sp³-hybridized carbons (Fsp3) is 0.500. The lowest BCUT2D eigenvalue weighted by Gasteiger charge is -2.28. The van der Waals surface area contributed by atoms with Gasteiger partial charge in [0.1, 0.15) is 5.76 Å². The average Bonchev–Trinajstić information content (AvgIpc) is 3.54. The van der Waals surface area contributed by atoms with Gasteiger partial charge in [-0.3, -0.25) is 14.3 Å². The Hall–Kier alpha value is -3.53. The molecule has 1 aromatic heterocycles. The van der Waals surface area contributed by atoms with Gasteiger partial charge in [0, 0.05) is 25.8 Å². The predicted molar refractivity (Wildman–Crippen MR) is 133 cm³/mol. The summed E-state index contributed by atoms with van der Waals surface area (Å²) in [6.07, 6.45) is 2.24. The molecule has 10 heteroatoms. The summed E-state index contributed by atoms with van der Waals surface area (Å²) in [5, 5.41) is 15.9. The third-order valence-electron chi connectivity index (χ3n) is 7.14. The summed E-state index contributed by atoms with van der Waals surface area (Å²) in [7, 11) is 6.29. The second-order valence-corrected chi connectivity index (χ2v) is 9.17. The van der Waals surface area contributed by atoms with E-state index in [1.807, 2.05) is 6.92 Å². The van der Waals surface area contributed by atoms with Gasteiger partial charge in [-0.1, -0.05) is 0 Å².